The fourth-order valence-corrected chi connectivity index (χ4v) is 3.45. The maximum atomic E-state index is 13.9. The van der Waals surface area contributed by atoms with Gasteiger partial charge in [0.15, 0.2) is 5.78 Å². The number of hydrogen-bond acceptors (Lipinski definition) is 6. The highest BCUT2D eigenvalue weighted by atomic mass is 19.4. The summed E-state index contributed by atoms with van der Waals surface area (Å²) in [6.45, 7) is 0. The van der Waals surface area contributed by atoms with Crippen LogP contribution < -0.4 is 15.4 Å². The van der Waals surface area contributed by atoms with Crippen LogP contribution in [0, 0.1) is 16.0 Å². The van der Waals surface area contributed by atoms with Gasteiger partial charge in [0.05, 0.1) is 23.6 Å². The summed E-state index contributed by atoms with van der Waals surface area (Å²) in [5.74, 6) is -3.24. The smallest absolute Gasteiger partial charge is 0.437 e. The number of hydrogen-bond donors (Lipinski definition) is 3. The molecular weight excluding hydrogens is 423 g/mol. The molecule has 3 unspecified atom stereocenters. The number of methoxy groups -OCH3 is 1. The van der Waals surface area contributed by atoms with Gasteiger partial charge in [-0.2, -0.15) is 13.2 Å². The number of urea groups is 1. The third kappa shape index (κ3) is 3.89. The van der Waals surface area contributed by atoms with Crippen molar-refractivity contribution in [3.63, 3.8) is 0 Å². The van der Waals surface area contributed by atoms with Crippen molar-refractivity contribution in [2.75, 3.05) is 7.11 Å². The van der Waals surface area contributed by atoms with Crippen LogP contribution in [-0.2, 0) is 0 Å². The molecule has 1 aliphatic heterocycles. The first-order valence-electron chi connectivity index (χ1n) is 8.79. The van der Waals surface area contributed by atoms with Crippen LogP contribution in [0.2, 0.25) is 0 Å². The number of nitrogens with zero attached hydrogens (tertiary/aromatic N) is 1. The number of benzene rings is 2. The zero-order chi connectivity index (χ0) is 23.0. The van der Waals surface area contributed by atoms with Gasteiger partial charge in [-0.25, -0.2) is 4.79 Å². The first-order valence-corrected chi connectivity index (χ1v) is 8.79. The lowest BCUT2D eigenvalue weighted by molar-refractivity contribution is -0.386. The van der Waals surface area contributed by atoms with Crippen LogP contribution in [0.1, 0.15) is 22.0 Å². The molecule has 3 rings (SSSR count). The van der Waals surface area contributed by atoms with Gasteiger partial charge in [0.1, 0.15) is 11.7 Å². The molecule has 0 spiro atoms. The number of alkyl halides is 3. The lowest BCUT2D eigenvalue weighted by atomic mass is 9.77. The quantitative estimate of drug-likeness (QED) is 0.373. The number of rotatable bonds is 5. The van der Waals surface area contributed by atoms with Crippen LogP contribution in [0.3, 0.4) is 0 Å². The van der Waals surface area contributed by atoms with Crippen LogP contribution in [0.25, 0.3) is 0 Å². The van der Waals surface area contributed by atoms with E-state index in [-0.39, 0.29) is 11.1 Å². The van der Waals surface area contributed by atoms with E-state index in [0.717, 1.165) is 12.1 Å². The Labute approximate surface area is 173 Å². The number of ketones is 1. The van der Waals surface area contributed by atoms with Gasteiger partial charge in [-0.1, -0.05) is 18.2 Å². The second-order valence-electron chi connectivity index (χ2n) is 6.73. The van der Waals surface area contributed by atoms with E-state index < -0.39 is 46.3 Å². The maximum absolute atomic E-state index is 13.9. The molecule has 12 heteroatoms. The van der Waals surface area contributed by atoms with Crippen molar-refractivity contribution in [1.82, 2.24) is 10.6 Å². The van der Waals surface area contributed by atoms with E-state index in [1.807, 2.05) is 0 Å². The Morgan fingerprint density at radius 3 is 2.35 bits per heavy atom. The number of carbonyl (C=O) groups excluding carboxylic acids is 2. The zero-order valence-electron chi connectivity index (χ0n) is 15.8. The third-order valence-electron chi connectivity index (χ3n) is 4.93. The van der Waals surface area contributed by atoms with E-state index in [1.165, 1.54) is 48.8 Å². The average Bonchev–Trinajstić information content (AvgIpc) is 2.72. The monoisotopic (exact) mass is 439 g/mol. The number of nitro groups is 1. The second-order valence-corrected chi connectivity index (χ2v) is 6.73. The predicted molar refractivity (Wildman–Crippen MR) is 99.3 cm³/mol. The molecule has 9 nitrogen and oxygen atoms in total. The van der Waals surface area contributed by atoms with Gasteiger partial charge in [-0.05, 0) is 24.3 Å². The normalized spacial score (nSPS) is 23.5. The molecule has 1 heterocycles. The Morgan fingerprint density at radius 2 is 1.81 bits per heavy atom. The molecule has 0 aromatic heterocycles. The fraction of sp³-hybridized carbons (Fsp3) is 0.263. The third-order valence-corrected chi connectivity index (χ3v) is 4.93. The summed E-state index contributed by atoms with van der Waals surface area (Å²) in [6.07, 6.45) is -5.47. The molecule has 2 aromatic rings. The highest BCUT2D eigenvalue weighted by Gasteiger charge is 2.66. The molecule has 3 atom stereocenters. The van der Waals surface area contributed by atoms with Crippen molar-refractivity contribution in [1.29, 1.82) is 0 Å². The van der Waals surface area contributed by atoms with Crippen LogP contribution in [0.15, 0.2) is 48.5 Å². The van der Waals surface area contributed by atoms with Gasteiger partial charge in [-0.3, -0.25) is 14.9 Å². The van der Waals surface area contributed by atoms with Gasteiger partial charge in [0.2, 0.25) is 5.72 Å². The zero-order valence-corrected chi connectivity index (χ0v) is 15.8. The molecular formula is C19H16F3N3O6. The van der Waals surface area contributed by atoms with Crippen molar-refractivity contribution >= 4 is 17.5 Å². The Balaban J connectivity index is 2.21. The van der Waals surface area contributed by atoms with E-state index in [4.69, 9.17) is 4.74 Å². The number of aliphatic hydroxyl groups is 1. The molecule has 0 bridgehead atoms. The number of halogens is 3. The van der Waals surface area contributed by atoms with E-state index in [1.54, 1.807) is 0 Å². The van der Waals surface area contributed by atoms with Crippen molar-refractivity contribution in [3.8, 4) is 5.75 Å². The number of para-hydroxylation sites is 1. The Bertz CT molecular complexity index is 1030. The summed E-state index contributed by atoms with van der Waals surface area (Å²) >= 11 is 0. The number of carbonyl (C=O) groups is 2. The Hall–Kier alpha value is -3.67. The predicted octanol–water partition coefficient (Wildman–Crippen LogP) is 2.71. The first kappa shape index (κ1) is 22.0. The molecule has 1 aliphatic rings. The lowest BCUT2D eigenvalue weighted by Gasteiger charge is -2.44. The summed E-state index contributed by atoms with van der Waals surface area (Å²) in [5.41, 5.74) is -5.19. The summed E-state index contributed by atoms with van der Waals surface area (Å²) in [6, 6.07) is 6.45. The fourth-order valence-electron chi connectivity index (χ4n) is 3.45. The summed E-state index contributed by atoms with van der Waals surface area (Å²) in [7, 11) is 1.35. The summed E-state index contributed by atoms with van der Waals surface area (Å²) in [5, 5.41) is 25.4. The van der Waals surface area contributed by atoms with Crippen molar-refractivity contribution in [2.24, 2.45) is 5.92 Å². The molecule has 0 aliphatic carbocycles. The SMILES string of the molecule is COc1ccc(C(=O)C2C(c3ccccc3[N+](=O)[O-])NC(=O)NC2(O)C(F)(F)F)cc1. The maximum Gasteiger partial charge on any atom is 0.437 e. The lowest BCUT2D eigenvalue weighted by Crippen LogP contribution is -2.72. The highest BCUT2D eigenvalue weighted by molar-refractivity contribution is 6.00. The molecule has 1 fully saturated rings. The number of amides is 2. The summed E-state index contributed by atoms with van der Waals surface area (Å²) < 4.78 is 46.6. The Kier molecular flexibility index (Phi) is 5.59. The van der Waals surface area contributed by atoms with Crippen LogP contribution in [0.5, 0.6) is 5.75 Å². The van der Waals surface area contributed by atoms with Crippen LogP contribution in [0.4, 0.5) is 23.7 Å². The highest BCUT2D eigenvalue weighted by Crippen LogP contribution is 2.45. The van der Waals surface area contributed by atoms with Crippen LogP contribution in [-0.4, -0.2) is 40.9 Å². The van der Waals surface area contributed by atoms with Gasteiger partial charge in [0.25, 0.3) is 5.69 Å². The minimum atomic E-state index is -5.47. The number of nitrogens with one attached hydrogen (secondary N) is 2. The summed E-state index contributed by atoms with van der Waals surface area (Å²) in [4.78, 5) is 35.7. The minimum Gasteiger partial charge on any atom is -0.497 e. The van der Waals surface area contributed by atoms with Gasteiger partial charge < -0.3 is 20.5 Å². The van der Waals surface area contributed by atoms with Gasteiger partial charge in [0, 0.05) is 11.6 Å². The van der Waals surface area contributed by atoms with Crippen molar-refractivity contribution < 1.29 is 37.5 Å². The number of Topliss-reactive ketones (excluding diaryl/α,β-unsaturated/α-hetero) is 1. The minimum absolute atomic E-state index is 0.227. The van der Waals surface area contributed by atoms with Crippen LogP contribution >= 0.6 is 0 Å². The molecule has 164 valence electrons. The molecule has 2 amide bonds. The molecule has 0 saturated carbocycles. The van der Waals surface area contributed by atoms with Gasteiger partial charge in [-0.15, -0.1) is 0 Å². The van der Waals surface area contributed by atoms with Gasteiger partial charge >= 0.3 is 12.2 Å². The standard InChI is InChI=1S/C19H16F3N3O6/c1-31-11-8-6-10(7-9-11)16(26)14-15(12-4-2-3-5-13(12)25(29)30)23-17(27)24-18(14,28)19(20,21)22/h2-9,14-15,28H,1H3,(H2,23,24,27). The van der Waals surface area contributed by atoms with E-state index in [9.17, 15) is 38.0 Å². The second kappa shape index (κ2) is 7.87. The van der Waals surface area contributed by atoms with E-state index in [2.05, 4.69) is 5.32 Å². The first-order chi connectivity index (χ1) is 14.5. The Morgan fingerprint density at radius 1 is 1.19 bits per heavy atom. The number of nitro benzene ring substituents is 1. The molecule has 31 heavy (non-hydrogen) atoms. The molecule has 0 radical (unpaired) electrons. The van der Waals surface area contributed by atoms with E-state index >= 15 is 0 Å². The topological polar surface area (TPSA) is 131 Å². The number of ether oxygens (including phenoxy) is 1. The average molecular weight is 439 g/mol. The molecule has 2 aromatic carbocycles. The van der Waals surface area contributed by atoms with Crippen molar-refractivity contribution in [3.05, 3.63) is 69.8 Å². The molecule has 1 saturated heterocycles. The molecule has 3 N–H and O–H groups in total. The largest absolute Gasteiger partial charge is 0.497 e. The van der Waals surface area contributed by atoms with Crippen molar-refractivity contribution in [2.45, 2.75) is 17.9 Å². The van der Waals surface area contributed by atoms with E-state index in [0.29, 0.717) is 5.75 Å².